The van der Waals surface area contributed by atoms with Crippen LogP contribution < -0.4 is 16.4 Å². The Bertz CT molecular complexity index is 786. The van der Waals surface area contributed by atoms with Crippen LogP contribution in [0, 0.1) is 0 Å². The van der Waals surface area contributed by atoms with Crippen molar-refractivity contribution >= 4 is 23.2 Å². The van der Waals surface area contributed by atoms with Gasteiger partial charge in [0.05, 0.1) is 6.54 Å². The normalized spacial score (nSPS) is 16.0. The zero-order chi connectivity index (χ0) is 19.8. The van der Waals surface area contributed by atoms with E-state index in [1.165, 1.54) is 12.8 Å². The highest BCUT2D eigenvalue weighted by molar-refractivity contribution is 5.97. The molecule has 6 nitrogen and oxygen atoms in total. The van der Waals surface area contributed by atoms with Crippen LogP contribution in [0.25, 0.3) is 0 Å². The zero-order valence-electron chi connectivity index (χ0n) is 16.1. The second-order valence-electron chi connectivity index (χ2n) is 7.20. The highest BCUT2D eigenvalue weighted by atomic mass is 16.2. The van der Waals surface area contributed by atoms with Gasteiger partial charge in [0.2, 0.25) is 11.8 Å². The van der Waals surface area contributed by atoms with E-state index in [4.69, 9.17) is 5.73 Å². The fourth-order valence-corrected chi connectivity index (χ4v) is 3.40. The van der Waals surface area contributed by atoms with E-state index >= 15 is 0 Å². The Morgan fingerprint density at radius 1 is 0.893 bits per heavy atom. The largest absolute Gasteiger partial charge is 0.325 e. The van der Waals surface area contributed by atoms with E-state index in [-0.39, 0.29) is 11.8 Å². The molecule has 1 unspecified atom stereocenters. The maximum Gasteiger partial charge on any atom is 0.245 e. The minimum Gasteiger partial charge on any atom is -0.325 e. The number of rotatable bonds is 6. The summed E-state index contributed by atoms with van der Waals surface area (Å²) >= 11 is 0. The number of nitrogens with one attached hydrogen (secondary N) is 2. The number of anilines is 2. The van der Waals surface area contributed by atoms with Gasteiger partial charge in [-0.1, -0.05) is 49.2 Å². The second-order valence-corrected chi connectivity index (χ2v) is 7.20. The molecule has 6 heteroatoms. The van der Waals surface area contributed by atoms with Gasteiger partial charge in [0, 0.05) is 11.4 Å². The number of hydrogen-bond donors (Lipinski definition) is 3. The smallest absolute Gasteiger partial charge is 0.245 e. The summed E-state index contributed by atoms with van der Waals surface area (Å²) in [5.74, 6) is -0.328. The lowest BCUT2D eigenvalue weighted by Crippen LogP contribution is -2.33. The third-order valence-corrected chi connectivity index (χ3v) is 4.92. The summed E-state index contributed by atoms with van der Waals surface area (Å²) in [6.45, 7) is 2.34. The molecule has 0 aromatic heterocycles. The van der Waals surface area contributed by atoms with Crippen molar-refractivity contribution < 1.29 is 9.59 Å². The maximum absolute atomic E-state index is 12.4. The van der Waals surface area contributed by atoms with Gasteiger partial charge in [0.15, 0.2) is 0 Å². The van der Waals surface area contributed by atoms with Gasteiger partial charge in [-0.15, -0.1) is 0 Å². The average molecular weight is 380 g/mol. The van der Waals surface area contributed by atoms with Gasteiger partial charge < -0.3 is 16.4 Å². The van der Waals surface area contributed by atoms with Gasteiger partial charge in [-0.2, -0.15) is 0 Å². The minimum absolute atomic E-state index is 0.0358. The monoisotopic (exact) mass is 380 g/mol. The van der Waals surface area contributed by atoms with E-state index in [1.807, 2.05) is 36.4 Å². The summed E-state index contributed by atoms with van der Waals surface area (Å²) in [6.07, 6.45) is 4.78. The molecule has 2 aromatic rings. The standard InChI is InChI=1S/C22H28N4O2/c23-21(17-9-4-3-5-10-17)22(28)25-19-12-8-11-18(15-19)24-20(27)16-26-13-6-1-2-7-14-26/h3-5,8-12,15,21H,1-2,6-7,13-14,16,23H2,(H,24,27)(H,25,28). The Balaban J connectivity index is 1.56. The van der Waals surface area contributed by atoms with Gasteiger partial charge >= 0.3 is 0 Å². The molecule has 1 saturated heterocycles. The SMILES string of the molecule is NC(C(=O)Nc1cccc(NC(=O)CN2CCCCCC2)c1)c1ccccc1. The van der Waals surface area contributed by atoms with Crippen LogP contribution in [0.3, 0.4) is 0 Å². The van der Waals surface area contributed by atoms with Crippen LogP contribution in [-0.2, 0) is 9.59 Å². The molecule has 148 valence electrons. The van der Waals surface area contributed by atoms with Crippen molar-refractivity contribution in [2.24, 2.45) is 5.73 Å². The molecular weight excluding hydrogens is 352 g/mol. The Morgan fingerprint density at radius 3 is 2.21 bits per heavy atom. The quantitative estimate of drug-likeness (QED) is 0.718. The van der Waals surface area contributed by atoms with Crippen LogP contribution in [0.2, 0.25) is 0 Å². The molecule has 2 aromatic carbocycles. The van der Waals surface area contributed by atoms with Crippen molar-refractivity contribution in [2.45, 2.75) is 31.7 Å². The van der Waals surface area contributed by atoms with Crippen LogP contribution >= 0.6 is 0 Å². The Kier molecular flexibility index (Phi) is 7.17. The van der Waals surface area contributed by atoms with E-state index < -0.39 is 6.04 Å². The number of carbonyl (C=O) groups excluding carboxylic acids is 2. The molecule has 0 aliphatic carbocycles. The van der Waals surface area contributed by atoms with Crippen molar-refractivity contribution in [2.75, 3.05) is 30.3 Å². The predicted octanol–water partition coefficient (Wildman–Crippen LogP) is 3.14. The molecule has 0 saturated carbocycles. The fraction of sp³-hybridized carbons (Fsp3) is 0.364. The van der Waals surface area contributed by atoms with Gasteiger partial charge in [-0.3, -0.25) is 14.5 Å². The number of carbonyl (C=O) groups is 2. The lowest BCUT2D eigenvalue weighted by molar-refractivity contribution is -0.118. The third-order valence-electron chi connectivity index (χ3n) is 4.92. The summed E-state index contributed by atoms with van der Waals surface area (Å²) < 4.78 is 0. The topological polar surface area (TPSA) is 87.5 Å². The third kappa shape index (κ3) is 5.90. The van der Waals surface area contributed by atoms with Crippen LogP contribution in [0.1, 0.15) is 37.3 Å². The molecule has 1 atom stereocenters. The Labute approximate surface area is 166 Å². The number of benzene rings is 2. The van der Waals surface area contributed by atoms with E-state index in [0.717, 1.165) is 31.5 Å². The van der Waals surface area contributed by atoms with Gasteiger partial charge in [0.25, 0.3) is 0 Å². The highest BCUT2D eigenvalue weighted by Gasteiger charge is 2.16. The molecule has 2 amide bonds. The summed E-state index contributed by atoms with van der Waals surface area (Å²) in [5.41, 5.74) is 8.05. The predicted molar refractivity (Wildman–Crippen MR) is 112 cm³/mol. The number of amides is 2. The first-order chi connectivity index (χ1) is 13.6. The van der Waals surface area contributed by atoms with Crippen LogP contribution in [0.5, 0.6) is 0 Å². The number of hydrogen-bond acceptors (Lipinski definition) is 4. The number of likely N-dealkylation sites (tertiary alicyclic amines) is 1. The first-order valence-corrected chi connectivity index (χ1v) is 9.85. The summed E-state index contributed by atoms with van der Waals surface area (Å²) in [7, 11) is 0. The van der Waals surface area contributed by atoms with Crippen molar-refractivity contribution in [3.8, 4) is 0 Å². The van der Waals surface area contributed by atoms with Crippen molar-refractivity contribution in [1.29, 1.82) is 0 Å². The molecule has 0 radical (unpaired) electrons. The summed E-state index contributed by atoms with van der Waals surface area (Å²) in [6, 6.07) is 15.6. The summed E-state index contributed by atoms with van der Waals surface area (Å²) in [4.78, 5) is 27.0. The van der Waals surface area contributed by atoms with Crippen molar-refractivity contribution in [1.82, 2.24) is 4.90 Å². The summed E-state index contributed by atoms with van der Waals surface area (Å²) in [5, 5.41) is 5.74. The van der Waals surface area contributed by atoms with E-state index in [1.54, 1.807) is 18.2 Å². The van der Waals surface area contributed by atoms with Gasteiger partial charge in [0.1, 0.15) is 6.04 Å². The number of nitrogens with zero attached hydrogens (tertiary/aromatic N) is 1. The molecule has 0 bridgehead atoms. The molecule has 1 aliphatic rings. The molecule has 1 fully saturated rings. The number of nitrogens with two attached hydrogens (primary N) is 1. The molecule has 0 spiro atoms. The minimum atomic E-state index is -0.748. The van der Waals surface area contributed by atoms with Crippen LogP contribution in [0.15, 0.2) is 54.6 Å². The fourth-order valence-electron chi connectivity index (χ4n) is 3.40. The first-order valence-electron chi connectivity index (χ1n) is 9.85. The van der Waals surface area contributed by atoms with E-state index in [0.29, 0.717) is 17.9 Å². The lowest BCUT2D eigenvalue weighted by atomic mass is 10.1. The lowest BCUT2D eigenvalue weighted by Gasteiger charge is -2.19. The zero-order valence-corrected chi connectivity index (χ0v) is 16.1. The van der Waals surface area contributed by atoms with E-state index in [9.17, 15) is 9.59 Å². The maximum atomic E-state index is 12.4. The molecule has 1 aliphatic heterocycles. The Hall–Kier alpha value is -2.70. The van der Waals surface area contributed by atoms with Crippen molar-refractivity contribution in [3.05, 3.63) is 60.2 Å². The van der Waals surface area contributed by atoms with Gasteiger partial charge in [-0.05, 0) is 49.7 Å². The van der Waals surface area contributed by atoms with Crippen LogP contribution in [0.4, 0.5) is 11.4 Å². The molecule has 28 heavy (non-hydrogen) atoms. The Morgan fingerprint density at radius 2 is 1.54 bits per heavy atom. The molecule has 4 N–H and O–H groups in total. The highest BCUT2D eigenvalue weighted by Crippen LogP contribution is 2.18. The molecule has 3 rings (SSSR count). The average Bonchev–Trinajstić information content (AvgIpc) is 2.97. The van der Waals surface area contributed by atoms with Gasteiger partial charge in [-0.25, -0.2) is 0 Å². The second kappa shape index (κ2) is 10.0. The first kappa shape index (κ1) is 20.0. The van der Waals surface area contributed by atoms with Crippen LogP contribution in [-0.4, -0.2) is 36.3 Å². The van der Waals surface area contributed by atoms with Crippen molar-refractivity contribution in [3.63, 3.8) is 0 Å². The molecular formula is C22H28N4O2. The molecule has 1 heterocycles. The van der Waals surface area contributed by atoms with E-state index in [2.05, 4.69) is 15.5 Å².